The van der Waals surface area contributed by atoms with E-state index >= 15 is 0 Å². The summed E-state index contributed by atoms with van der Waals surface area (Å²) in [5, 5.41) is 18.7. The zero-order valence-electron chi connectivity index (χ0n) is 12.4. The van der Waals surface area contributed by atoms with E-state index in [4.69, 9.17) is 15.9 Å². The summed E-state index contributed by atoms with van der Waals surface area (Å²) in [5.41, 5.74) is 7.77. The molecule has 0 amide bonds. The average Bonchev–Trinajstić information content (AvgIpc) is 3.07. The molecular weight excluding hydrogens is 396 g/mol. The van der Waals surface area contributed by atoms with Crippen LogP contribution in [-0.2, 0) is 6.61 Å². The van der Waals surface area contributed by atoms with Crippen LogP contribution in [-0.4, -0.2) is 26.0 Å². The van der Waals surface area contributed by atoms with Crippen molar-refractivity contribution in [1.29, 1.82) is 5.41 Å². The lowest BCUT2D eigenvalue weighted by Crippen LogP contribution is -2.12. The Kier molecular flexibility index (Phi) is 5.88. The summed E-state index contributed by atoms with van der Waals surface area (Å²) in [7, 11) is 0. The molecule has 3 rings (SSSR count). The van der Waals surface area contributed by atoms with Gasteiger partial charge in [0.05, 0.1) is 0 Å². The van der Waals surface area contributed by atoms with Gasteiger partial charge >= 0.3 is 0 Å². The molecule has 1 heterocycles. The predicted molar refractivity (Wildman–Crippen MR) is 95.9 cm³/mol. The molecule has 0 saturated carbocycles. The van der Waals surface area contributed by atoms with Crippen LogP contribution >= 0.6 is 28.3 Å². The summed E-state index contributed by atoms with van der Waals surface area (Å²) >= 11 is 3.44. The van der Waals surface area contributed by atoms with Gasteiger partial charge in [0.15, 0.2) is 0 Å². The maximum absolute atomic E-state index is 7.56. The number of ether oxygens (including phenoxy) is 1. The van der Waals surface area contributed by atoms with Crippen molar-refractivity contribution in [2.45, 2.75) is 6.61 Å². The molecule has 3 aromatic rings. The molecule has 124 valence electrons. The number of tetrazole rings is 1. The van der Waals surface area contributed by atoms with Crippen molar-refractivity contribution >= 4 is 34.2 Å². The number of benzene rings is 2. The molecule has 0 bridgehead atoms. The molecule has 3 N–H and O–H groups in total. The average molecular weight is 410 g/mol. The number of nitrogen functional groups attached to an aromatic ring is 1. The first-order valence-electron chi connectivity index (χ1n) is 6.72. The van der Waals surface area contributed by atoms with Crippen molar-refractivity contribution in [3.63, 3.8) is 0 Å². The second-order valence-corrected chi connectivity index (χ2v) is 5.68. The second kappa shape index (κ2) is 7.89. The van der Waals surface area contributed by atoms with Gasteiger partial charge in [0.1, 0.15) is 30.2 Å². The van der Waals surface area contributed by atoms with E-state index in [9.17, 15) is 0 Å². The van der Waals surface area contributed by atoms with Gasteiger partial charge in [-0.25, -0.2) is 0 Å². The van der Waals surface area contributed by atoms with Crippen LogP contribution in [0.15, 0.2) is 53.3 Å². The van der Waals surface area contributed by atoms with E-state index in [0.29, 0.717) is 23.6 Å². The van der Waals surface area contributed by atoms with Crippen molar-refractivity contribution in [2.24, 2.45) is 5.73 Å². The standard InChI is InChI=1S/C15H13BrN6O.ClH/c16-12-3-1-2-10(6-12)8-23-14-5-4-11(15(17)18)7-13(14)22-9-19-20-21-22;/h1-7,9H,8H2,(H3,17,18);1H. The molecule has 7 nitrogen and oxygen atoms in total. The van der Waals surface area contributed by atoms with Crippen LogP contribution in [0, 0.1) is 5.41 Å². The molecule has 1 aromatic heterocycles. The van der Waals surface area contributed by atoms with Crippen molar-refractivity contribution in [1.82, 2.24) is 20.2 Å². The number of nitrogens with two attached hydrogens (primary N) is 1. The Morgan fingerprint density at radius 3 is 2.75 bits per heavy atom. The number of rotatable bonds is 5. The van der Waals surface area contributed by atoms with Gasteiger partial charge in [0, 0.05) is 10.0 Å². The van der Waals surface area contributed by atoms with Crippen molar-refractivity contribution < 1.29 is 4.74 Å². The highest BCUT2D eigenvalue weighted by Crippen LogP contribution is 2.25. The van der Waals surface area contributed by atoms with Gasteiger partial charge in [-0.05, 0) is 46.3 Å². The maximum Gasteiger partial charge on any atom is 0.145 e. The molecular formula is C15H14BrClN6O. The topological polar surface area (TPSA) is 103 Å². The maximum atomic E-state index is 7.56. The Hall–Kier alpha value is -2.45. The van der Waals surface area contributed by atoms with E-state index in [1.165, 1.54) is 11.0 Å². The fraction of sp³-hybridized carbons (Fsp3) is 0.0667. The van der Waals surface area contributed by atoms with Crippen molar-refractivity contribution in [3.05, 3.63) is 64.4 Å². The van der Waals surface area contributed by atoms with Crippen LogP contribution in [0.1, 0.15) is 11.1 Å². The highest BCUT2D eigenvalue weighted by molar-refractivity contribution is 9.10. The largest absolute Gasteiger partial charge is 0.487 e. The van der Waals surface area contributed by atoms with Crippen LogP contribution in [0.5, 0.6) is 5.75 Å². The fourth-order valence-corrected chi connectivity index (χ4v) is 2.49. The summed E-state index contributed by atoms with van der Waals surface area (Å²) < 4.78 is 8.35. The van der Waals surface area contributed by atoms with E-state index in [1.54, 1.807) is 18.2 Å². The Labute approximate surface area is 152 Å². The Balaban J connectivity index is 0.00000208. The van der Waals surface area contributed by atoms with E-state index in [1.807, 2.05) is 24.3 Å². The first kappa shape index (κ1) is 17.9. The van der Waals surface area contributed by atoms with Crippen LogP contribution in [0.2, 0.25) is 0 Å². The number of aromatic nitrogens is 4. The summed E-state index contributed by atoms with van der Waals surface area (Å²) in [6.07, 6.45) is 1.46. The third kappa shape index (κ3) is 4.09. The van der Waals surface area contributed by atoms with Gasteiger partial charge in [-0.1, -0.05) is 28.1 Å². The summed E-state index contributed by atoms with van der Waals surface area (Å²) in [6, 6.07) is 13.1. The molecule has 0 spiro atoms. The molecule has 0 aliphatic carbocycles. The van der Waals surface area contributed by atoms with E-state index in [0.717, 1.165) is 10.0 Å². The van der Waals surface area contributed by atoms with Crippen molar-refractivity contribution in [3.8, 4) is 11.4 Å². The summed E-state index contributed by atoms with van der Waals surface area (Å²) in [6.45, 7) is 0.397. The minimum Gasteiger partial charge on any atom is -0.487 e. The quantitative estimate of drug-likeness (QED) is 0.498. The molecule has 0 aliphatic rings. The van der Waals surface area contributed by atoms with Gasteiger partial charge in [0.25, 0.3) is 0 Å². The SMILES string of the molecule is Cl.N=C(N)c1ccc(OCc2cccc(Br)c2)c(-n2cnnn2)c1. The molecule has 0 atom stereocenters. The lowest BCUT2D eigenvalue weighted by atomic mass is 10.1. The third-order valence-corrected chi connectivity index (χ3v) is 3.64. The zero-order valence-corrected chi connectivity index (χ0v) is 14.8. The highest BCUT2D eigenvalue weighted by Gasteiger charge is 2.10. The van der Waals surface area contributed by atoms with E-state index in [2.05, 4.69) is 31.5 Å². The van der Waals surface area contributed by atoms with E-state index in [-0.39, 0.29) is 18.2 Å². The molecule has 0 fully saturated rings. The van der Waals surface area contributed by atoms with Crippen LogP contribution in [0.4, 0.5) is 0 Å². The third-order valence-electron chi connectivity index (χ3n) is 3.15. The predicted octanol–water partition coefficient (Wildman–Crippen LogP) is 2.71. The van der Waals surface area contributed by atoms with Crippen LogP contribution in [0.25, 0.3) is 5.69 Å². The minimum atomic E-state index is -0.0298. The second-order valence-electron chi connectivity index (χ2n) is 4.77. The highest BCUT2D eigenvalue weighted by atomic mass is 79.9. The zero-order chi connectivity index (χ0) is 16.2. The fourth-order valence-electron chi connectivity index (χ4n) is 2.05. The number of hydrogen-bond acceptors (Lipinski definition) is 5. The molecule has 24 heavy (non-hydrogen) atoms. The lowest BCUT2D eigenvalue weighted by molar-refractivity contribution is 0.304. The Morgan fingerprint density at radius 1 is 1.25 bits per heavy atom. The Bertz CT molecular complexity index is 840. The number of nitrogens with one attached hydrogen (secondary N) is 1. The van der Waals surface area contributed by atoms with Crippen molar-refractivity contribution in [2.75, 3.05) is 0 Å². The van der Waals surface area contributed by atoms with Gasteiger partial charge in [0.2, 0.25) is 0 Å². The summed E-state index contributed by atoms with van der Waals surface area (Å²) in [4.78, 5) is 0. The van der Waals surface area contributed by atoms with E-state index < -0.39 is 0 Å². The van der Waals surface area contributed by atoms with Gasteiger partial charge in [-0.15, -0.1) is 17.5 Å². The number of nitrogens with zero attached hydrogens (tertiary/aromatic N) is 4. The molecule has 0 saturated heterocycles. The number of amidine groups is 1. The van der Waals surface area contributed by atoms with Gasteiger partial charge in [-0.3, -0.25) is 5.41 Å². The first-order chi connectivity index (χ1) is 11.1. The number of hydrogen-bond donors (Lipinski definition) is 2. The van der Waals surface area contributed by atoms with Gasteiger partial charge in [-0.2, -0.15) is 4.68 Å². The smallest absolute Gasteiger partial charge is 0.145 e. The Morgan fingerprint density at radius 2 is 2.08 bits per heavy atom. The number of halogens is 2. The molecule has 0 radical (unpaired) electrons. The molecule has 2 aromatic carbocycles. The molecule has 0 aliphatic heterocycles. The van der Waals surface area contributed by atoms with Crippen LogP contribution < -0.4 is 10.5 Å². The molecule has 9 heteroatoms. The monoisotopic (exact) mass is 408 g/mol. The molecule has 0 unspecified atom stereocenters. The summed E-state index contributed by atoms with van der Waals surface area (Å²) in [5.74, 6) is 0.570. The lowest BCUT2D eigenvalue weighted by Gasteiger charge is -2.12. The van der Waals surface area contributed by atoms with Gasteiger partial charge < -0.3 is 10.5 Å². The normalized spacial score (nSPS) is 10.0. The minimum absolute atomic E-state index is 0. The van der Waals surface area contributed by atoms with Crippen LogP contribution in [0.3, 0.4) is 0 Å². The first-order valence-corrected chi connectivity index (χ1v) is 7.52.